The minimum atomic E-state index is 0.751. The third-order valence-electron chi connectivity index (χ3n) is 3.83. The fourth-order valence-corrected chi connectivity index (χ4v) is 2.61. The van der Waals surface area contributed by atoms with Crippen LogP contribution < -0.4 is 0 Å². The van der Waals surface area contributed by atoms with Crippen molar-refractivity contribution in [1.82, 2.24) is 0 Å². The summed E-state index contributed by atoms with van der Waals surface area (Å²) in [5.41, 5.74) is 1.69. The molecule has 0 nitrogen and oxygen atoms in total. The van der Waals surface area contributed by atoms with Crippen LogP contribution in [-0.4, -0.2) is 0 Å². The molecule has 0 aliphatic rings. The lowest BCUT2D eigenvalue weighted by Gasteiger charge is -2.13. The highest BCUT2D eigenvalue weighted by Gasteiger charge is 2.04. The lowest BCUT2D eigenvalue weighted by molar-refractivity contribution is 0.557. The maximum absolute atomic E-state index is 3.86. The Morgan fingerprint density at radius 3 is 2.35 bits per heavy atom. The first-order valence-electron chi connectivity index (χ1n) is 8.64. The van der Waals surface area contributed by atoms with Gasteiger partial charge in [0.25, 0.3) is 0 Å². The number of rotatable bonds is 14. The maximum Gasteiger partial charge on any atom is -0.0291 e. The number of hydrogen-bond donors (Lipinski definition) is 0. The van der Waals surface area contributed by atoms with Crippen molar-refractivity contribution in [3.05, 3.63) is 37.0 Å². The van der Waals surface area contributed by atoms with Crippen LogP contribution in [0.1, 0.15) is 84.5 Å². The van der Waals surface area contributed by atoms with Crippen molar-refractivity contribution in [2.45, 2.75) is 84.5 Å². The molecule has 0 bridgehead atoms. The molecule has 0 heteroatoms. The first-order valence-corrected chi connectivity index (χ1v) is 8.64. The van der Waals surface area contributed by atoms with Gasteiger partial charge >= 0.3 is 0 Å². The van der Waals surface area contributed by atoms with E-state index in [1.54, 1.807) is 5.57 Å². The monoisotopic (exact) mass is 276 g/mol. The predicted octanol–water partition coefficient (Wildman–Crippen LogP) is 7.23. The van der Waals surface area contributed by atoms with E-state index in [9.17, 15) is 0 Å². The van der Waals surface area contributed by atoms with Gasteiger partial charge in [-0.05, 0) is 50.9 Å². The molecule has 0 saturated heterocycles. The second kappa shape index (κ2) is 14.6. The summed E-state index contributed by atoms with van der Waals surface area (Å²) in [6.07, 6.45) is 20.8. The van der Waals surface area contributed by atoms with Crippen LogP contribution in [-0.2, 0) is 0 Å². The summed E-state index contributed by atoms with van der Waals surface area (Å²) in [7, 11) is 0. The summed E-state index contributed by atoms with van der Waals surface area (Å²) in [6, 6.07) is 0. The SMILES string of the molecule is C=CCCCCCCC(=CCCCC)CC(C)CC=C. The van der Waals surface area contributed by atoms with Gasteiger partial charge in [-0.3, -0.25) is 0 Å². The predicted molar refractivity (Wildman–Crippen MR) is 94.1 cm³/mol. The molecule has 0 aliphatic carbocycles. The molecule has 20 heavy (non-hydrogen) atoms. The first-order chi connectivity index (χ1) is 9.74. The second-order valence-electron chi connectivity index (χ2n) is 6.08. The van der Waals surface area contributed by atoms with Gasteiger partial charge in [0.1, 0.15) is 0 Å². The van der Waals surface area contributed by atoms with E-state index < -0.39 is 0 Å². The van der Waals surface area contributed by atoms with Crippen molar-refractivity contribution in [3.8, 4) is 0 Å². The van der Waals surface area contributed by atoms with E-state index in [-0.39, 0.29) is 0 Å². The molecule has 0 radical (unpaired) electrons. The quantitative estimate of drug-likeness (QED) is 0.232. The van der Waals surface area contributed by atoms with E-state index >= 15 is 0 Å². The summed E-state index contributed by atoms with van der Waals surface area (Å²) < 4.78 is 0. The molecule has 0 fully saturated rings. The Labute approximate surface area is 128 Å². The van der Waals surface area contributed by atoms with E-state index in [1.807, 2.05) is 6.08 Å². The normalized spacial score (nSPS) is 13.2. The molecule has 0 N–H and O–H groups in total. The van der Waals surface area contributed by atoms with Crippen molar-refractivity contribution < 1.29 is 0 Å². The van der Waals surface area contributed by atoms with Gasteiger partial charge in [0.2, 0.25) is 0 Å². The molecule has 0 amide bonds. The Morgan fingerprint density at radius 2 is 1.70 bits per heavy atom. The van der Waals surface area contributed by atoms with Crippen molar-refractivity contribution in [3.63, 3.8) is 0 Å². The largest absolute Gasteiger partial charge is 0.103 e. The van der Waals surface area contributed by atoms with Gasteiger partial charge in [0.05, 0.1) is 0 Å². The zero-order valence-electron chi connectivity index (χ0n) is 14.0. The zero-order chi connectivity index (χ0) is 15.1. The lowest BCUT2D eigenvalue weighted by atomic mass is 9.93. The average molecular weight is 277 g/mol. The highest BCUT2D eigenvalue weighted by atomic mass is 14.1. The van der Waals surface area contributed by atoms with Crippen LogP contribution in [0, 0.1) is 5.92 Å². The van der Waals surface area contributed by atoms with Gasteiger partial charge in [0, 0.05) is 0 Å². The Hall–Kier alpha value is -0.780. The second-order valence-corrected chi connectivity index (χ2v) is 6.08. The minimum Gasteiger partial charge on any atom is -0.103 e. The van der Waals surface area contributed by atoms with Crippen LogP contribution >= 0.6 is 0 Å². The molecule has 1 atom stereocenters. The standard InChI is InChI=1S/C20H36/c1-5-8-10-11-12-14-17-20(16-13-9-6-2)18-19(4)15-7-3/h5,7,16,19H,1,3,6,8-15,17-18H2,2,4H3. The Kier molecular flexibility index (Phi) is 14.1. The Bertz CT molecular complexity index is 259. The van der Waals surface area contributed by atoms with Crippen LogP contribution in [0.15, 0.2) is 37.0 Å². The summed E-state index contributed by atoms with van der Waals surface area (Å²) in [4.78, 5) is 0. The molecule has 0 aliphatic heterocycles. The molecule has 0 heterocycles. The molecular formula is C20H36. The van der Waals surface area contributed by atoms with Gasteiger partial charge < -0.3 is 0 Å². The number of hydrogen-bond acceptors (Lipinski definition) is 0. The van der Waals surface area contributed by atoms with Crippen LogP contribution in [0.5, 0.6) is 0 Å². The zero-order valence-corrected chi connectivity index (χ0v) is 14.0. The van der Waals surface area contributed by atoms with Gasteiger partial charge in [-0.15, -0.1) is 13.2 Å². The van der Waals surface area contributed by atoms with E-state index in [0.717, 1.165) is 12.3 Å². The summed E-state index contributed by atoms with van der Waals surface area (Å²) in [5, 5.41) is 0. The lowest BCUT2D eigenvalue weighted by Crippen LogP contribution is -1.97. The van der Waals surface area contributed by atoms with Gasteiger partial charge in [-0.1, -0.05) is 63.3 Å². The average Bonchev–Trinajstić information content (AvgIpc) is 2.43. The molecule has 0 aromatic carbocycles. The first kappa shape index (κ1) is 19.2. The van der Waals surface area contributed by atoms with E-state index in [1.165, 1.54) is 64.2 Å². The fourth-order valence-electron chi connectivity index (χ4n) is 2.61. The molecular weight excluding hydrogens is 240 g/mol. The molecule has 0 aromatic rings. The fraction of sp³-hybridized carbons (Fsp3) is 0.700. The topological polar surface area (TPSA) is 0 Å². The number of allylic oxidation sites excluding steroid dienone is 4. The van der Waals surface area contributed by atoms with Crippen LogP contribution in [0.3, 0.4) is 0 Å². The Morgan fingerprint density at radius 1 is 0.950 bits per heavy atom. The van der Waals surface area contributed by atoms with Crippen LogP contribution in [0.2, 0.25) is 0 Å². The van der Waals surface area contributed by atoms with Crippen molar-refractivity contribution in [1.29, 1.82) is 0 Å². The molecule has 0 aromatic heterocycles. The molecule has 0 rings (SSSR count). The van der Waals surface area contributed by atoms with E-state index in [2.05, 4.69) is 39.2 Å². The van der Waals surface area contributed by atoms with Gasteiger partial charge in [0.15, 0.2) is 0 Å². The van der Waals surface area contributed by atoms with Crippen LogP contribution in [0.25, 0.3) is 0 Å². The van der Waals surface area contributed by atoms with Crippen molar-refractivity contribution in [2.24, 2.45) is 5.92 Å². The summed E-state index contributed by atoms with van der Waals surface area (Å²) >= 11 is 0. The number of unbranched alkanes of at least 4 members (excludes halogenated alkanes) is 6. The molecule has 1 unspecified atom stereocenters. The van der Waals surface area contributed by atoms with Gasteiger partial charge in [-0.2, -0.15) is 0 Å². The van der Waals surface area contributed by atoms with E-state index in [4.69, 9.17) is 0 Å². The minimum absolute atomic E-state index is 0.751. The maximum atomic E-state index is 3.86. The van der Waals surface area contributed by atoms with Crippen LogP contribution in [0.4, 0.5) is 0 Å². The smallest absolute Gasteiger partial charge is 0.0291 e. The highest BCUT2D eigenvalue weighted by molar-refractivity contribution is 5.03. The van der Waals surface area contributed by atoms with Crippen molar-refractivity contribution in [2.75, 3.05) is 0 Å². The molecule has 0 saturated carbocycles. The summed E-state index contributed by atoms with van der Waals surface area (Å²) in [6.45, 7) is 12.3. The van der Waals surface area contributed by atoms with E-state index in [0.29, 0.717) is 0 Å². The molecule has 0 spiro atoms. The van der Waals surface area contributed by atoms with Gasteiger partial charge in [-0.25, -0.2) is 0 Å². The summed E-state index contributed by atoms with van der Waals surface area (Å²) in [5.74, 6) is 0.751. The third kappa shape index (κ3) is 12.3. The molecule has 116 valence electrons. The third-order valence-corrected chi connectivity index (χ3v) is 3.83. The Balaban J connectivity index is 4.00. The van der Waals surface area contributed by atoms with Crippen molar-refractivity contribution >= 4 is 0 Å². The highest BCUT2D eigenvalue weighted by Crippen LogP contribution is 2.22.